The van der Waals surface area contributed by atoms with Crippen molar-refractivity contribution in [1.82, 2.24) is 10.5 Å². The molecule has 0 fully saturated rings. The van der Waals surface area contributed by atoms with Crippen molar-refractivity contribution >= 4 is 21.9 Å². The predicted octanol–water partition coefficient (Wildman–Crippen LogP) is 2.63. The van der Waals surface area contributed by atoms with E-state index in [-0.39, 0.29) is 18.6 Å². The number of halogens is 1. The highest BCUT2D eigenvalue weighted by atomic mass is 79.9. The van der Waals surface area contributed by atoms with Crippen molar-refractivity contribution in [3.63, 3.8) is 0 Å². The van der Waals surface area contributed by atoms with Gasteiger partial charge in [0.2, 0.25) is 0 Å². The largest absolute Gasteiger partial charge is 0.482 e. The molecule has 7 nitrogen and oxygen atoms in total. The number of aromatic nitrogens is 1. The van der Waals surface area contributed by atoms with Gasteiger partial charge in [0.1, 0.15) is 16.5 Å². The third-order valence-electron chi connectivity index (χ3n) is 3.61. The van der Waals surface area contributed by atoms with E-state index in [2.05, 4.69) is 26.4 Å². The standard InChI is InChI=1S/C18H23BrN2O5/c1-3-24-18(23)11-25-14-6-4-13(5-7-14)8-12(2)20-10-15(22)16-9-17(19)21-26-16/h4-7,9,12,15,20,22H,3,8,10-11H2,1-2H3/t12-,15-/m1/s1. The van der Waals surface area contributed by atoms with Gasteiger partial charge in [-0.2, -0.15) is 0 Å². The predicted molar refractivity (Wildman–Crippen MR) is 98.9 cm³/mol. The van der Waals surface area contributed by atoms with E-state index in [0.717, 1.165) is 12.0 Å². The first-order valence-corrected chi connectivity index (χ1v) is 9.18. The first-order chi connectivity index (χ1) is 12.5. The Morgan fingerprint density at radius 2 is 2.12 bits per heavy atom. The zero-order valence-corrected chi connectivity index (χ0v) is 16.4. The number of carbonyl (C=O) groups excluding carboxylic acids is 1. The maximum atomic E-state index is 11.3. The lowest BCUT2D eigenvalue weighted by Gasteiger charge is -2.16. The van der Waals surface area contributed by atoms with Crippen molar-refractivity contribution in [2.75, 3.05) is 19.8 Å². The summed E-state index contributed by atoms with van der Waals surface area (Å²) >= 11 is 3.18. The quantitative estimate of drug-likeness (QED) is 0.563. The highest BCUT2D eigenvalue weighted by Gasteiger charge is 2.14. The van der Waals surface area contributed by atoms with Crippen molar-refractivity contribution in [2.45, 2.75) is 32.4 Å². The summed E-state index contributed by atoms with van der Waals surface area (Å²) in [6.07, 6.45) is 0.0280. The molecule has 2 aromatic rings. The third-order valence-corrected chi connectivity index (χ3v) is 3.99. The van der Waals surface area contributed by atoms with Gasteiger partial charge in [0, 0.05) is 18.7 Å². The molecule has 0 saturated carbocycles. The summed E-state index contributed by atoms with van der Waals surface area (Å²) in [7, 11) is 0. The van der Waals surface area contributed by atoms with E-state index >= 15 is 0 Å². The molecule has 0 aliphatic heterocycles. The van der Waals surface area contributed by atoms with Crippen molar-refractivity contribution in [1.29, 1.82) is 0 Å². The molecule has 0 aliphatic rings. The monoisotopic (exact) mass is 426 g/mol. The molecular weight excluding hydrogens is 404 g/mol. The molecule has 0 bridgehead atoms. The molecule has 8 heteroatoms. The Bertz CT molecular complexity index is 689. The van der Waals surface area contributed by atoms with Crippen LogP contribution in [0, 0.1) is 0 Å². The number of esters is 1. The maximum absolute atomic E-state index is 11.3. The first kappa shape index (κ1) is 20.4. The molecule has 1 aromatic carbocycles. The van der Waals surface area contributed by atoms with Gasteiger partial charge >= 0.3 is 5.97 Å². The lowest BCUT2D eigenvalue weighted by atomic mass is 10.1. The van der Waals surface area contributed by atoms with Crippen LogP contribution in [-0.4, -0.2) is 42.0 Å². The normalized spacial score (nSPS) is 13.2. The van der Waals surface area contributed by atoms with E-state index < -0.39 is 6.10 Å². The number of aliphatic hydroxyl groups is 1. The second-order valence-corrected chi connectivity index (χ2v) is 6.63. The summed E-state index contributed by atoms with van der Waals surface area (Å²) in [5.41, 5.74) is 1.12. The number of carbonyl (C=O) groups is 1. The Morgan fingerprint density at radius 3 is 2.73 bits per heavy atom. The van der Waals surface area contributed by atoms with Crippen LogP contribution in [0.4, 0.5) is 0 Å². The van der Waals surface area contributed by atoms with Crippen LogP contribution < -0.4 is 10.1 Å². The fourth-order valence-corrected chi connectivity index (χ4v) is 2.63. The Labute approximate surface area is 160 Å². The van der Waals surface area contributed by atoms with E-state index in [9.17, 15) is 9.90 Å². The average molecular weight is 427 g/mol. The van der Waals surface area contributed by atoms with Crippen LogP contribution in [0.2, 0.25) is 0 Å². The molecule has 1 heterocycles. The van der Waals surface area contributed by atoms with Crippen molar-refractivity contribution in [3.8, 4) is 5.75 Å². The van der Waals surface area contributed by atoms with Crippen LogP contribution in [0.1, 0.15) is 31.3 Å². The van der Waals surface area contributed by atoms with Gasteiger partial charge in [0.15, 0.2) is 12.4 Å². The average Bonchev–Trinajstić information content (AvgIpc) is 3.06. The molecule has 0 amide bonds. The molecule has 1 aromatic heterocycles. The van der Waals surface area contributed by atoms with Gasteiger partial charge in [0.05, 0.1) is 6.61 Å². The number of hydrogen-bond acceptors (Lipinski definition) is 7. The van der Waals surface area contributed by atoms with Crippen molar-refractivity contribution in [3.05, 3.63) is 46.3 Å². The molecule has 2 N–H and O–H groups in total. The summed E-state index contributed by atoms with van der Waals surface area (Å²) in [6.45, 7) is 4.40. The third kappa shape index (κ3) is 6.78. The van der Waals surface area contributed by atoms with E-state index in [0.29, 0.717) is 29.3 Å². The van der Waals surface area contributed by atoms with Gasteiger partial charge in [-0.25, -0.2) is 4.79 Å². The van der Waals surface area contributed by atoms with Crippen molar-refractivity contribution < 1.29 is 23.9 Å². The van der Waals surface area contributed by atoms with E-state index in [1.807, 2.05) is 31.2 Å². The SMILES string of the molecule is CCOC(=O)COc1ccc(C[C@@H](C)NC[C@@H](O)c2cc(Br)no2)cc1. The van der Waals surface area contributed by atoms with Gasteiger partial charge in [-0.15, -0.1) is 0 Å². The van der Waals surface area contributed by atoms with Crippen LogP contribution in [0.15, 0.2) is 39.5 Å². The summed E-state index contributed by atoms with van der Waals surface area (Å²) in [5, 5.41) is 17.0. The number of nitrogens with one attached hydrogen (secondary N) is 1. The van der Waals surface area contributed by atoms with Gasteiger partial charge in [-0.1, -0.05) is 17.3 Å². The molecule has 142 valence electrons. The van der Waals surface area contributed by atoms with Crippen LogP contribution in [0.25, 0.3) is 0 Å². The summed E-state index contributed by atoms with van der Waals surface area (Å²) in [4.78, 5) is 11.3. The smallest absolute Gasteiger partial charge is 0.344 e. The van der Waals surface area contributed by atoms with E-state index in [1.165, 1.54) is 0 Å². The Morgan fingerprint density at radius 1 is 1.38 bits per heavy atom. The zero-order chi connectivity index (χ0) is 18.9. The fourth-order valence-electron chi connectivity index (χ4n) is 2.33. The summed E-state index contributed by atoms with van der Waals surface area (Å²) < 4.78 is 15.8. The molecule has 0 unspecified atom stereocenters. The molecule has 2 rings (SSSR count). The van der Waals surface area contributed by atoms with E-state index in [1.54, 1.807) is 13.0 Å². The zero-order valence-electron chi connectivity index (χ0n) is 14.8. The number of hydrogen-bond donors (Lipinski definition) is 2. The minimum Gasteiger partial charge on any atom is -0.482 e. The molecule has 0 radical (unpaired) electrons. The highest BCUT2D eigenvalue weighted by Crippen LogP contribution is 2.17. The minimum absolute atomic E-state index is 0.0964. The van der Waals surface area contributed by atoms with Gasteiger partial charge in [0.25, 0.3) is 0 Å². The first-order valence-electron chi connectivity index (χ1n) is 8.38. The van der Waals surface area contributed by atoms with Crippen molar-refractivity contribution in [2.24, 2.45) is 0 Å². The Hall–Kier alpha value is -1.90. The summed E-state index contributed by atoms with van der Waals surface area (Å²) in [6, 6.07) is 9.34. The minimum atomic E-state index is -0.755. The number of ether oxygens (including phenoxy) is 2. The van der Waals surface area contributed by atoms with Crippen LogP contribution in [0.3, 0.4) is 0 Å². The number of nitrogens with zero attached hydrogens (tertiary/aromatic N) is 1. The number of aliphatic hydroxyl groups excluding tert-OH is 1. The second kappa shape index (κ2) is 10.3. The molecule has 2 atom stereocenters. The Balaban J connectivity index is 1.74. The van der Waals surface area contributed by atoms with Crippen LogP contribution in [0.5, 0.6) is 5.75 Å². The van der Waals surface area contributed by atoms with E-state index in [4.69, 9.17) is 14.0 Å². The lowest BCUT2D eigenvalue weighted by Crippen LogP contribution is -2.31. The lowest BCUT2D eigenvalue weighted by molar-refractivity contribution is -0.145. The molecular formula is C18H23BrN2O5. The fraction of sp³-hybridized carbons (Fsp3) is 0.444. The maximum Gasteiger partial charge on any atom is 0.344 e. The second-order valence-electron chi connectivity index (χ2n) is 5.82. The Kier molecular flexibility index (Phi) is 8.08. The highest BCUT2D eigenvalue weighted by molar-refractivity contribution is 9.10. The van der Waals surface area contributed by atoms with Gasteiger partial charge < -0.3 is 24.4 Å². The molecule has 26 heavy (non-hydrogen) atoms. The van der Waals surface area contributed by atoms with Gasteiger partial charge in [-0.3, -0.25) is 0 Å². The van der Waals surface area contributed by atoms with Crippen LogP contribution >= 0.6 is 15.9 Å². The van der Waals surface area contributed by atoms with Crippen LogP contribution in [-0.2, 0) is 16.0 Å². The molecule has 0 spiro atoms. The number of rotatable bonds is 10. The summed E-state index contributed by atoms with van der Waals surface area (Å²) in [5.74, 6) is 0.653. The molecule has 0 saturated heterocycles. The topological polar surface area (TPSA) is 93.8 Å². The molecule has 0 aliphatic carbocycles. The van der Waals surface area contributed by atoms with Gasteiger partial charge in [-0.05, 0) is 53.9 Å². The number of benzene rings is 1.